The number of amides is 1. The fourth-order valence-corrected chi connectivity index (χ4v) is 7.06. The molecule has 10 heteroatoms. The van der Waals surface area contributed by atoms with Crippen molar-refractivity contribution >= 4 is 39.9 Å². The monoisotopic (exact) mass is 506 g/mol. The molecule has 3 unspecified atom stereocenters. The van der Waals surface area contributed by atoms with Gasteiger partial charge in [0.1, 0.15) is 0 Å². The Hall–Kier alpha value is -0.900. The van der Waals surface area contributed by atoms with Crippen molar-refractivity contribution in [3.8, 4) is 0 Å². The molecule has 1 aromatic carbocycles. The van der Waals surface area contributed by atoms with Gasteiger partial charge in [0.25, 0.3) is 5.91 Å². The van der Waals surface area contributed by atoms with Crippen molar-refractivity contribution in [3.63, 3.8) is 0 Å². The largest absolute Gasteiger partial charge is 0.335 e. The van der Waals surface area contributed by atoms with E-state index in [0.717, 1.165) is 19.3 Å². The van der Waals surface area contributed by atoms with Crippen LogP contribution in [0.1, 0.15) is 49.9 Å². The van der Waals surface area contributed by atoms with E-state index in [1.807, 2.05) is 32.0 Å². The molecule has 182 valence electrons. The second-order valence-electron chi connectivity index (χ2n) is 9.17. The number of benzene rings is 1. The number of nitrogens with zero attached hydrogens (tertiary/aromatic N) is 2. The molecule has 1 aliphatic heterocycles. The molecule has 0 spiro atoms. The Morgan fingerprint density at radius 2 is 1.84 bits per heavy atom. The van der Waals surface area contributed by atoms with Crippen LogP contribution >= 0.6 is 24.0 Å². The SMILES string of the molecule is CC(C)CS(=O)(=O)N1CCN(C2(C(N)NC(=O)c3ccccc3)CCCC(Cl)C2)CC1.Cl. The minimum Gasteiger partial charge on any atom is -0.335 e. The van der Waals surface area contributed by atoms with Gasteiger partial charge in [0.2, 0.25) is 10.0 Å². The molecule has 3 rings (SSSR count). The van der Waals surface area contributed by atoms with Gasteiger partial charge < -0.3 is 11.1 Å². The number of rotatable bonds is 7. The molecule has 1 aromatic rings. The molecule has 1 saturated heterocycles. The van der Waals surface area contributed by atoms with Crippen LogP contribution in [0.3, 0.4) is 0 Å². The molecule has 32 heavy (non-hydrogen) atoms. The molecular formula is C22H36Cl2N4O3S. The van der Waals surface area contributed by atoms with Gasteiger partial charge in [0, 0.05) is 37.1 Å². The summed E-state index contributed by atoms with van der Waals surface area (Å²) in [6.07, 6.45) is 2.75. The van der Waals surface area contributed by atoms with Crippen molar-refractivity contribution in [1.29, 1.82) is 0 Å². The Bertz CT molecular complexity index is 848. The van der Waals surface area contributed by atoms with Gasteiger partial charge in [-0.25, -0.2) is 8.42 Å². The smallest absolute Gasteiger partial charge is 0.252 e. The fraction of sp³-hybridized carbons (Fsp3) is 0.682. The molecule has 2 fully saturated rings. The number of sulfonamides is 1. The molecule has 1 amide bonds. The van der Waals surface area contributed by atoms with E-state index in [9.17, 15) is 13.2 Å². The first-order chi connectivity index (χ1) is 14.6. The second kappa shape index (κ2) is 11.5. The first kappa shape index (κ1) is 27.3. The topological polar surface area (TPSA) is 95.7 Å². The lowest BCUT2D eigenvalue weighted by molar-refractivity contribution is -0.00124. The maximum absolute atomic E-state index is 12.8. The minimum atomic E-state index is -3.26. The highest BCUT2D eigenvalue weighted by Gasteiger charge is 2.47. The van der Waals surface area contributed by atoms with E-state index in [1.165, 1.54) is 0 Å². The van der Waals surface area contributed by atoms with E-state index < -0.39 is 21.7 Å². The van der Waals surface area contributed by atoms with Gasteiger partial charge in [-0.05, 0) is 37.3 Å². The third kappa shape index (κ3) is 6.36. The number of piperazine rings is 1. The normalized spacial score (nSPS) is 26.3. The predicted octanol–water partition coefficient (Wildman–Crippen LogP) is 2.65. The molecule has 0 radical (unpaired) electrons. The van der Waals surface area contributed by atoms with E-state index in [-0.39, 0.29) is 35.4 Å². The van der Waals surface area contributed by atoms with Crippen LogP contribution in [0, 0.1) is 5.92 Å². The Balaban J connectivity index is 0.00000363. The summed E-state index contributed by atoms with van der Waals surface area (Å²) < 4.78 is 26.9. The number of alkyl halides is 1. The van der Waals surface area contributed by atoms with Crippen molar-refractivity contribution < 1.29 is 13.2 Å². The number of hydrogen-bond acceptors (Lipinski definition) is 5. The third-order valence-electron chi connectivity index (χ3n) is 6.41. The molecule has 1 aliphatic carbocycles. The molecule has 0 bridgehead atoms. The van der Waals surface area contributed by atoms with Gasteiger partial charge in [-0.1, -0.05) is 38.5 Å². The van der Waals surface area contributed by atoms with E-state index in [0.29, 0.717) is 38.2 Å². The summed E-state index contributed by atoms with van der Waals surface area (Å²) >= 11 is 6.58. The Kier molecular flexibility index (Phi) is 9.82. The van der Waals surface area contributed by atoms with Crippen molar-refractivity contribution in [2.75, 3.05) is 31.9 Å². The van der Waals surface area contributed by atoms with Gasteiger partial charge in [0.05, 0.1) is 17.5 Å². The summed E-state index contributed by atoms with van der Waals surface area (Å²) in [5, 5.41) is 2.98. The Labute approximate surface area is 203 Å². The predicted molar refractivity (Wildman–Crippen MR) is 132 cm³/mol. The average molecular weight is 508 g/mol. The lowest BCUT2D eigenvalue weighted by Gasteiger charge is -2.53. The highest BCUT2D eigenvalue weighted by Crippen LogP contribution is 2.38. The zero-order valence-electron chi connectivity index (χ0n) is 18.9. The fourth-order valence-electron chi connectivity index (χ4n) is 4.87. The van der Waals surface area contributed by atoms with Crippen LogP contribution in [0.5, 0.6) is 0 Å². The molecular weight excluding hydrogens is 471 g/mol. The van der Waals surface area contributed by atoms with E-state index in [4.69, 9.17) is 17.3 Å². The highest BCUT2D eigenvalue weighted by atomic mass is 35.5. The molecule has 3 N–H and O–H groups in total. The van der Waals surface area contributed by atoms with Crippen LogP contribution in [0.4, 0.5) is 0 Å². The van der Waals surface area contributed by atoms with Gasteiger partial charge >= 0.3 is 0 Å². The van der Waals surface area contributed by atoms with Crippen LogP contribution in [0.2, 0.25) is 0 Å². The zero-order chi connectivity index (χ0) is 22.6. The Morgan fingerprint density at radius 3 is 2.41 bits per heavy atom. The van der Waals surface area contributed by atoms with Crippen molar-refractivity contribution in [3.05, 3.63) is 35.9 Å². The summed E-state index contributed by atoms with van der Waals surface area (Å²) in [5.74, 6) is 0.0443. The summed E-state index contributed by atoms with van der Waals surface area (Å²) in [6, 6.07) is 9.03. The number of halogens is 2. The van der Waals surface area contributed by atoms with Gasteiger partial charge in [-0.3, -0.25) is 9.69 Å². The summed E-state index contributed by atoms with van der Waals surface area (Å²) in [6.45, 7) is 5.86. The summed E-state index contributed by atoms with van der Waals surface area (Å²) in [5.41, 5.74) is 6.72. The number of carbonyl (C=O) groups is 1. The number of hydrogen-bond donors (Lipinski definition) is 2. The van der Waals surface area contributed by atoms with Crippen LogP contribution in [-0.2, 0) is 10.0 Å². The molecule has 1 heterocycles. The maximum Gasteiger partial charge on any atom is 0.252 e. The van der Waals surface area contributed by atoms with Gasteiger partial charge in [-0.15, -0.1) is 24.0 Å². The summed E-state index contributed by atoms with van der Waals surface area (Å²) in [7, 11) is -3.26. The average Bonchev–Trinajstić information content (AvgIpc) is 2.73. The van der Waals surface area contributed by atoms with Crippen molar-refractivity contribution in [2.24, 2.45) is 11.7 Å². The van der Waals surface area contributed by atoms with Gasteiger partial charge in [-0.2, -0.15) is 4.31 Å². The van der Waals surface area contributed by atoms with Crippen LogP contribution in [0.15, 0.2) is 30.3 Å². The summed E-state index contributed by atoms with van der Waals surface area (Å²) in [4.78, 5) is 15.0. The third-order valence-corrected chi connectivity index (χ3v) is 9.02. The zero-order valence-corrected chi connectivity index (χ0v) is 21.3. The quantitative estimate of drug-likeness (QED) is 0.437. The van der Waals surface area contributed by atoms with Crippen LogP contribution in [0.25, 0.3) is 0 Å². The molecule has 2 aliphatic rings. The van der Waals surface area contributed by atoms with Crippen molar-refractivity contribution in [1.82, 2.24) is 14.5 Å². The van der Waals surface area contributed by atoms with E-state index in [2.05, 4.69) is 10.2 Å². The number of carbonyl (C=O) groups excluding carboxylic acids is 1. The number of nitrogens with one attached hydrogen (secondary N) is 1. The standard InChI is InChI=1S/C22H35ClN4O3S.ClH/c1-17(2)16-31(29,30)27-13-11-26(12-14-27)22(10-6-9-19(23)15-22)21(24)25-20(28)18-7-4-3-5-8-18;/h3-5,7-8,17,19,21H,6,9-16,24H2,1-2H3,(H,25,28);1H. The van der Waals surface area contributed by atoms with Crippen LogP contribution < -0.4 is 11.1 Å². The number of nitrogens with two attached hydrogens (primary N) is 1. The molecule has 7 nitrogen and oxygen atoms in total. The van der Waals surface area contributed by atoms with Crippen LogP contribution in [-0.4, -0.2) is 72.5 Å². The lowest BCUT2D eigenvalue weighted by atomic mass is 9.77. The minimum absolute atomic E-state index is 0. The highest BCUT2D eigenvalue weighted by molar-refractivity contribution is 7.89. The first-order valence-electron chi connectivity index (χ1n) is 11.1. The van der Waals surface area contributed by atoms with E-state index in [1.54, 1.807) is 16.4 Å². The molecule has 1 saturated carbocycles. The Morgan fingerprint density at radius 1 is 1.22 bits per heavy atom. The second-order valence-corrected chi connectivity index (χ2v) is 11.8. The van der Waals surface area contributed by atoms with E-state index >= 15 is 0 Å². The van der Waals surface area contributed by atoms with Crippen molar-refractivity contribution in [2.45, 2.75) is 56.6 Å². The first-order valence-corrected chi connectivity index (χ1v) is 13.2. The molecule has 3 atom stereocenters. The lowest BCUT2D eigenvalue weighted by Crippen LogP contribution is -2.70. The van der Waals surface area contributed by atoms with Gasteiger partial charge in [0.15, 0.2) is 0 Å². The maximum atomic E-state index is 12.8. The molecule has 0 aromatic heterocycles.